The van der Waals surface area contributed by atoms with Crippen LogP contribution in [0.5, 0.6) is 0 Å². The molecular formula is C16H19ClN2O. The Balaban J connectivity index is 1.68. The molecule has 2 aromatic rings. The van der Waals surface area contributed by atoms with Crippen molar-refractivity contribution in [2.24, 2.45) is 7.05 Å². The Morgan fingerprint density at radius 2 is 1.95 bits per heavy atom. The van der Waals surface area contributed by atoms with E-state index in [1.165, 1.54) is 11.3 Å². The average Bonchev–Trinajstić information content (AvgIpc) is 2.84. The van der Waals surface area contributed by atoms with E-state index in [0.29, 0.717) is 13.0 Å². The number of amides is 1. The Kier molecular flexibility index (Phi) is 5.24. The maximum absolute atomic E-state index is 11.8. The molecule has 0 unspecified atom stereocenters. The van der Waals surface area contributed by atoms with Crippen molar-refractivity contribution in [2.75, 3.05) is 6.54 Å². The number of aryl methyl sites for hydroxylation is 2. The van der Waals surface area contributed by atoms with Gasteiger partial charge in [0.1, 0.15) is 0 Å². The van der Waals surface area contributed by atoms with Gasteiger partial charge in [0.15, 0.2) is 0 Å². The number of carbonyl (C=O) groups is 1. The quantitative estimate of drug-likeness (QED) is 0.872. The van der Waals surface area contributed by atoms with Crippen LogP contribution in [0.25, 0.3) is 0 Å². The fourth-order valence-electron chi connectivity index (χ4n) is 2.08. The van der Waals surface area contributed by atoms with E-state index in [2.05, 4.69) is 5.32 Å². The molecule has 2 rings (SSSR count). The summed E-state index contributed by atoms with van der Waals surface area (Å²) < 4.78 is 2.04. The maximum atomic E-state index is 11.8. The Bertz CT molecular complexity index is 560. The Morgan fingerprint density at radius 1 is 1.20 bits per heavy atom. The minimum Gasteiger partial charge on any atom is -0.356 e. The van der Waals surface area contributed by atoms with Crippen molar-refractivity contribution >= 4 is 17.5 Å². The molecule has 4 heteroatoms. The SMILES string of the molecule is Cn1cccc1CCC(=O)NCCc1ccc(Cl)cc1. The first-order valence-electron chi connectivity index (χ1n) is 6.76. The van der Waals surface area contributed by atoms with Crippen LogP contribution in [0.15, 0.2) is 42.6 Å². The van der Waals surface area contributed by atoms with Crippen LogP contribution >= 0.6 is 11.6 Å². The second kappa shape index (κ2) is 7.15. The maximum Gasteiger partial charge on any atom is 0.220 e. The van der Waals surface area contributed by atoms with Crippen LogP contribution in [-0.2, 0) is 24.7 Å². The van der Waals surface area contributed by atoms with Gasteiger partial charge in [0.25, 0.3) is 0 Å². The van der Waals surface area contributed by atoms with E-state index in [-0.39, 0.29) is 5.91 Å². The smallest absolute Gasteiger partial charge is 0.220 e. The lowest BCUT2D eigenvalue weighted by Crippen LogP contribution is -2.26. The number of nitrogens with one attached hydrogen (secondary N) is 1. The van der Waals surface area contributed by atoms with E-state index in [1.807, 2.05) is 54.2 Å². The standard InChI is InChI=1S/C16H19ClN2O/c1-19-12-2-3-15(19)8-9-16(20)18-11-10-13-4-6-14(17)7-5-13/h2-7,12H,8-11H2,1H3,(H,18,20). The Labute approximate surface area is 124 Å². The molecule has 0 aliphatic carbocycles. The zero-order valence-corrected chi connectivity index (χ0v) is 12.4. The molecule has 1 heterocycles. The summed E-state index contributed by atoms with van der Waals surface area (Å²) in [4.78, 5) is 11.8. The molecule has 0 fully saturated rings. The zero-order chi connectivity index (χ0) is 14.4. The summed E-state index contributed by atoms with van der Waals surface area (Å²) in [7, 11) is 1.99. The van der Waals surface area contributed by atoms with Crippen LogP contribution < -0.4 is 5.32 Å². The molecule has 0 saturated heterocycles. The molecule has 1 aromatic heterocycles. The molecule has 1 N–H and O–H groups in total. The van der Waals surface area contributed by atoms with E-state index >= 15 is 0 Å². The highest BCUT2D eigenvalue weighted by molar-refractivity contribution is 6.30. The van der Waals surface area contributed by atoms with Crippen LogP contribution in [0, 0.1) is 0 Å². The molecule has 0 bridgehead atoms. The average molecular weight is 291 g/mol. The normalized spacial score (nSPS) is 10.5. The first-order valence-corrected chi connectivity index (χ1v) is 7.14. The van der Waals surface area contributed by atoms with Crippen molar-refractivity contribution in [1.29, 1.82) is 0 Å². The minimum absolute atomic E-state index is 0.0974. The summed E-state index contributed by atoms with van der Waals surface area (Å²) >= 11 is 5.83. The van der Waals surface area contributed by atoms with E-state index in [1.54, 1.807) is 0 Å². The molecule has 1 aromatic carbocycles. The lowest BCUT2D eigenvalue weighted by molar-refractivity contribution is -0.121. The van der Waals surface area contributed by atoms with Crippen LogP contribution in [0.1, 0.15) is 17.7 Å². The summed E-state index contributed by atoms with van der Waals surface area (Å²) in [6, 6.07) is 11.7. The second-order valence-electron chi connectivity index (χ2n) is 4.84. The van der Waals surface area contributed by atoms with Gasteiger partial charge in [-0.05, 0) is 42.7 Å². The predicted molar refractivity (Wildman–Crippen MR) is 81.9 cm³/mol. The van der Waals surface area contributed by atoms with Crippen LogP contribution in [-0.4, -0.2) is 17.0 Å². The van der Waals surface area contributed by atoms with Gasteiger partial charge in [-0.15, -0.1) is 0 Å². The number of hydrogen-bond donors (Lipinski definition) is 1. The third kappa shape index (κ3) is 4.42. The third-order valence-corrected chi connectivity index (χ3v) is 3.56. The molecular weight excluding hydrogens is 272 g/mol. The van der Waals surface area contributed by atoms with Gasteiger partial charge in [-0.1, -0.05) is 23.7 Å². The molecule has 3 nitrogen and oxygen atoms in total. The summed E-state index contributed by atoms with van der Waals surface area (Å²) in [6.07, 6.45) is 4.12. The van der Waals surface area contributed by atoms with Crippen LogP contribution in [0.2, 0.25) is 5.02 Å². The van der Waals surface area contributed by atoms with Gasteiger partial charge in [0, 0.05) is 36.9 Å². The lowest BCUT2D eigenvalue weighted by atomic mass is 10.1. The molecule has 1 amide bonds. The molecule has 0 radical (unpaired) electrons. The lowest BCUT2D eigenvalue weighted by Gasteiger charge is -2.06. The highest BCUT2D eigenvalue weighted by Gasteiger charge is 2.04. The number of halogens is 1. The zero-order valence-electron chi connectivity index (χ0n) is 11.6. The number of nitrogens with zero attached hydrogens (tertiary/aromatic N) is 1. The van der Waals surface area contributed by atoms with E-state index in [9.17, 15) is 4.79 Å². The van der Waals surface area contributed by atoms with Gasteiger partial charge in [0.2, 0.25) is 5.91 Å². The fraction of sp³-hybridized carbons (Fsp3) is 0.312. The molecule has 20 heavy (non-hydrogen) atoms. The highest BCUT2D eigenvalue weighted by Crippen LogP contribution is 2.09. The molecule has 0 atom stereocenters. The monoisotopic (exact) mass is 290 g/mol. The summed E-state index contributed by atoms with van der Waals surface area (Å²) in [6.45, 7) is 0.660. The predicted octanol–water partition coefficient (Wildman–Crippen LogP) is 2.97. The van der Waals surface area contributed by atoms with Gasteiger partial charge < -0.3 is 9.88 Å². The summed E-state index contributed by atoms with van der Waals surface area (Å²) in [5, 5.41) is 3.68. The van der Waals surface area contributed by atoms with E-state index in [0.717, 1.165) is 17.9 Å². The largest absolute Gasteiger partial charge is 0.356 e. The topological polar surface area (TPSA) is 34.0 Å². The van der Waals surface area contributed by atoms with Gasteiger partial charge in [0.05, 0.1) is 0 Å². The number of carbonyl (C=O) groups excluding carboxylic acids is 1. The minimum atomic E-state index is 0.0974. The Hall–Kier alpha value is -1.74. The number of hydrogen-bond acceptors (Lipinski definition) is 1. The second-order valence-corrected chi connectivity index (χ2v) is 5.27. The molecule has 0 aliphatic rings. The van der Waals surface area contributed by atoms with Crippen molar-refractivity contribution in [2.45, 2.75) is 19.3 Å². The summed E-state index contributed by atoms with van der Waals surface area (Å²) in [5.41, 5.74) is 2.36. The number of rotatable bonds is 6. The fourth-order valence-corrected chi connectivity index (χ4v) is 2.21. The van der Waals surface area contributed by atoms with Crippen LogP contribution in [0.4, 0.5) is 0 Å². The molecule has 0 spiro atoms. The number of aromatic nitrogens is 1. The van der Waals surface area contributed by atoms with Crippen molar-refractivity contribution in [3.8, 4) is 0 Å². The summed E-state index contributed by atoms with van der Waals surface area (Å²) in [5.74, 6) is 0.0974. The van der Waals surface area contributed by atoms with Crippen molar-refractivity contribution in [1.82, 2.24) is 9.88 Å². The first kappa shape index (κ1) is 14.7. The number of benzene rings is 1. The van der Waals surface area contributed by atoms with E-state index in [4.69, 9.17) is 11.6 Å². The van der Waals surface area contributed by atoms with Crippen molar-refractivity contribution in [3.63, 3.8) is 0 Å². The first-order chi connectivity index (χ1) is 9.65. The van der Waals surface area contributed by atoms with Gasteiger partial charge >= 0.3 is 0 Å². The third-order valence-electron chi connectivity index (χ3n) is 3.31. The van der Waals surface area contributed by atoms with Crippen molar-refractivity contribution < 1.29 is 4.79 Å². The van der Waals surface area contributed by atoms with Gasteiger partial charge in [-0.2, -0.15) is 0 Å². The van der Waals surface area contributed by atoms with Gasteiger partial charge in [-0.25, -0.2) is 0 Å². The van der Waals surface area contributed by atoms with Crippen molar-refractivity contribution in [3.05, 3.63) is 58.9 Å². The molecule has 0 saturated carbocycles. The molecule has 0 aliphatic heterocycles. The highest BCUT2D eigenvalue weighted by atomic mass is 35.5. The van der Waals surface area contributed by atoms with Gasteiger partial charge in [-0.3, -0.25) is 4.79 Å². The van der Waals surface area contributed by atoms with E-state index < -0.39 is 0 Å². The molecule has 106 valence electrons. The Morgan fingerprint density at radius 3 is 2.60 bits per heavy atom. The van der Waals surface area contributed by atoms with Crippen LogP contribution in [0.3, 0.4) is 0 Å².